The number of fused-ring (bicyclic) bond motifs is 1. The summed E-state index contributed by atoms with van der Waals surface area (Å²) in [6, 6.07) is 1.98. The molecule has 4 N–H and O–H groups in total. The smallest absolute Gasteiger partial charge is 0.239 e. The van der Waals surface area contributed by atoms with Gasteiger partial charge in [0.25, 0.3) is 0 Å². The largest absolute Gasteiger partial charge is 0.367 e. The van der Waals surface area contributed by atoms with Crippen LogP contribution in [-0.2, 0) is 6.54 Å². The molecule has 0 saturated carbocycles. The van der Waals surface area contributed by atoms with Gasteiger partial charge in [0.1, 0.15) is 17.5 Å². The quantitative estimate of drug-likeness (QED) is 0.656. The Morgan fingerprint density at radius 2 is 2.28 bits per heavy atom. The Morgan fingerprint density at radius 1 is 1.39 bits per heavy atom. The zero-order valence-corrected chi connectivity index (χ0v) is 10.5. The van der Waals surface area contributed by atoms with Crippen molar-refractivity contribution in [2.75, 3.05) is 11.1 Å². The summed E-state index contributed by atoms with van der Waals surface area (Å²) in [5.41, 5.74) is 6.39. The third kappa shape index (κ3) is 1.97. The molecule has 0 spiro atoms. The maximum Gasteiger partial charge on any atom is 0.239 e. The topological polar surface area (TPSA) is 105 Å². The standard InChI is InChI=1S/C10H11N7S/c1-5-13-6-2-3-18-8(6)9(14-5)12-4-7-15-10(11)17-16-7/h2-3H,4H2,1H3,(H,12,13,14)(H3,11,15,16,17). The molecule has 0 fully saturated rings. The molecule has 0 unspecified atom stereocenters. The van der Waals surface area contributed by atoms with Crippen LogP contribution in [0.2, 0.25) is 0 Å². The van der Waals surface area contributed by atoms with Gasteiger partial charge >= 0.3 is 0 Å². The first kappa shape index (κ1) is 10.9. The van der Waals surface area contributed by atoms with Gasteiger partial charge in [-0.05, 0) is 18.4 Å². The normalized spacial score (nSPS) is 10.9. The Labute approximate surface area is 106 Å². The highest BCUT2D eigenvalue weighted by atomic mass is 32.1. The zero-order valence-electron chi connectivity index (χ0n) is 9.64. The van der Waals surface area contributed by atoms with Crippen molar-refractivity contribution in [2.45, 2.75) is 13.5 Å². The molecule has 0 atom stereocenters. The van der Waals surface area contributed by atoms with Crippen LogP contribution in [0.3, 0.4) is 0 Å². The Kier molecular flexibility index (Phi) is 2.56. The Morgan fingerprint density at radius 3 is 3.06 bits per heavy atom. The summed E-state index contributed by atoms with van der Waals surface area (Å²) < 4.78 is 1.04. The van der Waals surface area contributed by atoms with Crippen molar-refractivity contribution in [3.8, 4) is 0 Å². The van der Waals surface area contributed by atoms with E-state index in [9.17, 15) is 0 Å². The predicted molar refractivity (Wildman–Crippen MR) is 70.3 cm³/mol. The average molecular weight is 261 g/mol. The third-order valence-electron chi connectivity index (χ3n) is 2.39. The number of aromatic amines is 1. The molecule has 0 aromatic carbocycles. The molecule has 18 heavy (non-hydrogen) atoms. The third-order valence-corrected chi connectivity index (χ3v) is 3.30. The maximum atomic E-state index is 5.44. The minimum Gasteiger partial charge on any atom is -0.367 e. The number of nitrogens with two attached hydrogens (primary N) is 1. The van der Waals surface area contributed by atoms with Crippen LogP contribution >= 0.6 is 11.3 Å². The number of hydrogen-bond donors (Lipinski definition) is 3. The Bertz CT molecular complexity index is 686. The lowest BCUT2D eigenvalue weighted by atomic mass is 10.4. The molecule has 3 rings (SSSR count). The molecular formula is C10H11N7S. The number of aryl methyl sites for hydroxylation is 1. The summed E-state index contributed by atoms with van der Waals surface area (Å²) in [4.78, 5) is 12.8. The van der Waals surface area contributed by atoms with E-state index in [1.807, 2.05) is 18.4 Å². The van der Waals surface area contributed by atoms with Crippen LogP contribution < -0.4 is 11.1 Å². The number of hydrogen-bond acceptors (Lipinski definition) is 7. The first-order chi connectivity index (χ1) is 8.72. The van der Waals surface area contributed by atoms with Crippen LogP contribution in [0.15, 0.2) is 11.4 Å². The van der Waals surface area contributed by atoms with E-state index in [0.29, 0.717) is 12.4 Å². The van der Waals surface area contributed by atoms with Gasteiger partial charge in [0, 0.05) is 0 Å². The Balaban J connectivity index is 1.87. The van der Waals surface area contributed by atoms with E-state index in [2.05, 4.69) is 30.5 Å². The summed E-state index contributed by atoms with van der Waals surface area (Å²) in [7, 11) is 0. The first-order valence-electron chi connectivity index (χ1n) is 5.35. The number of H-pyrrole nitrogens is 1. The fourth-order valence-electron chi connectivity index (χ4n) is 1.66. The lowest BCUT2D eigenvalue weighted by molar-refractivity contribution is 0.944. The molecule has 0 saturated heterocycles. The van der Waals surface area contributed by atoms with Gasteiger partial charge in [-0.25, -0.2) is 9.97 Å². The highest BCUT2D eigenvalue weighted by molar-refractivity contribution is 7.17. The lowest BCUT2D eigenvalue weighted by Crippen LogP contribution is -2.04. The molecule has 0 aliphatic rings. The van der Waals surface area contributed by atoms with Gasteiger partial charge in [0.2, 0.25) is 5.95 Å². The number of nitrogens with zero attached hydrogens (tertiary/aromatic N) is 4. The predicted octanol–water partition coefficient (Wildman–Crippen LogP) is 1.31. The van der Waals surface area contributed by atoms with E-state index in [-0.39, 0.29) is 5.95 Å². The molecule has 8 heteroatoms. The molecule has 3 heterocycles. The van der Waals surface area contributed by atoms with Crippen LogP contribution in [0.4, 0.5) is 11.8 Å². The second-order valence-corrected chi connectivity index (χ2v) is 4.66. The van der Waals surface area contributed by atoms with E-state index in [4.69, 9.17) is 5.73 Å². The minimum atomic E-state index is 0.243. The molecule has 0 aliphatic carbocycles. The van der Waals surface area contributed by atoms with E-state index in [1.165, 1.54) is 0 Å². The summed E-state index contributed by atoms with van der Waals surface area (Å²) in [6.07, 6.45) is 0. The van der Waals surface area contributed by atoms with Gasteiger partial charge in [0.05, 0.1) is 16.8 Å². The SMILES string of the molecule is Cc1nc(NCc2nc(N)n[nH]2)c2sccc2n1. The number of rotatable bonds is 3. The van der Waals surface area contributed by atoms with Crippen LogP contribution in [0.25, 0.3) is 10.2 Å². The molecule has 0 amide bonds. The first-order valence-corrected chi connectivity index (χ1v) is 6.23. The van der Waals surface area contributed by atoms with Crippen molar-refractivity contribution in [3.63, 3.8) is 0 Å². The molecule has 3 aromatic heterocycles. The fourth-order valence-corrected chi connectivity index (χ4v) is 2.45. The van der Waals surface area contributed by atoms with E-state index < -0.39 is 0 Å². The zero-order chi connectivity index (χ0) is 12.5. The number of aromatic nitrogens is 5. The lowest BCUT2D eigenvalue weighted by Gasteiger charge is -2.05. The van der Waals surface area contributed by atoms with Gasteiger partial charge in [0.15, 0.2) is 0 Å². The highest BCUT2D eigenvalue weighted by Crippen LogP contribution is 2.25. The molecule has 7 nitrogen and oxygen atoms in total. The van der Waals surface area contributed by atoms with Crippen molar-refractivity contribution >= 4 is 33.3 Å². The molecule has 0 bridgehead atoms. The van der Waals surface area contributed by atoms with Crippen LogP contribution in [0, 0.1) is 6.92 Å². The second-order valence-electron chi connectivity index (χ2n) is 3.75. The van der Waals surface area contributed by atoms with Gasteiger partial charge in [-0.2, -0.15) is 4.98 Å². The van der Waals surface area contributed by atoms with E-state index in [1.54, 1.807) is 11.3 Å². The molecule has 0 aliphatic heterocycles. The van der Waals surface area contributed by atoms with Crippen molar-refractivity contribution in [1.82, 2.24) is 25.1 Å². The average Bonchev–Trinajstić information content (AvgIpc) is 2.94. The summed E-state index contributed by atoms with van der Waals surface area (Å²) >= 11 is 1.60. The minimum absolute atomic E-state index is 0.243. The fraction of sp³-hybridized carbons (Fsp3) is 0.200. The van der Waals surface area contributed by atoms with Gasteiger partial charge in [-0.15, -0.1) is 16.4 Å². The molecule has 0 radical (unpaired) electrons. The van der Waals surface area contributed by atoms with Crippen molar-refractivity contribution in [3.05, 3.63) is 23.1 Å². The van der Waals surface area contributed by atoms with Gasteiger partial charge < -0.3 is 11.1 Å². The number of thiophene rings is 1. The van der Waals surface area contributed by atoms with E-state index >= 15 is 0 Å². The van der Waals surface area contributed by atoms with Crippen molar-refractivity contribution in [1.29, 1.82) is 0 Å². The second kappa shape index (κ2) is 4.22. The number of nitrogens with one attached hydrogen (secondary N) is 2. The van der Waals surface area contributed by atoms with Crippen LogP contribution in [0.1, 0.15) is 11.6 Å². The Hall–Kier alpha value is -2.22. The molecular weight excluding hydrogens is 250 g/mol. The monoisotopic (exact) mass is 261 g/mol. The summed E-state index contributed by atoms with van der Waals surface area (Å²) in [5.74, 6) is 2.46. The van der Waals surface area contributed by atoms with Gasteiger partial charge in [-0.3, -0.25) is 5.10 Å². The van der Waals surface area contributed by atoms with Crippen molar-refractivity contribution in [2.24, 2.45) is 0 Å². The van der Waals surface area contributed by atoms with Gasteiger partial charge in [-0.1, -0.05) is 0 Å². The number of nitrogen functional groups attached to an aromatic ring is 1. The molecule has 3 aromatic rings. The molecule has 92 valence electrons. The maximum absolute atomic E-state index is 5.44. The van der Waals surface area contributed by atoms with Crippen LogP contribution in [-0.4, -0.2) is 25.1 Å². The van der Waals surface area contributed by atoms with E-state index in [0.717, 1.165) is 21.9 Å². The number of anilines is 2. The van der Waals surface area contributed by atoms with Crippen molar-refractivity contribution < 1.29 is 0 Å². The highest BCUT2D eigenvalue weighted by Gasteiger charge is 2.07. The summed E-state index contributed by atoms with van der Waals surface area (Å²) in [5, 5.41) is 11.7. The summed E-state index contributed by atoms with van der Waals surface area (Å²) in [6.45, 7) is 2.36. The van der Waals surface area contributed by atoms with Crippen LogP contribution in [0.5, 0.6) is 0 Å².